The molecule has 0 unspecified atom stereocenters. The fourth-order valence-electron chi connectivity index (χ4n) is 2.54. The molecule has 0 aliphatic carbocycles. The van der Waals surface area contributed by atoms with Crippen LogP contribution in [0.15, 0.2) is 72.8 Å². The van der Waals surface area contributed by atoms with Crippen LogP contribution in [0.1, 0.15) is 16.7 Å². The number of hydrogen-bond acceptors (Lipinski definition) is 1. The summed E-state index contributed by atoms with van der Waals surface area (Å²) in [5, 5.41) is 3.27. The van der Waals surface area contributed by atoms with E-state index in [0.717, 1.165) is 24.1 Å². The van der Waals surface area contributed by atoms with Crippen molar-refractivity contribution < 1.29 is 8.78 Å². The molecule has 0 aliphatic rings. The van der Waals surface area contributed by atoms with Crippen LogP contribution in [-0.4, -0.2) is 0 Å². The van der Waals surface area contributed by atoms with Crippen LogP contribution in [0, 0.1) is 11.6 Å². The second-order valence-electron chi connectivity index (χ2n) is 5.80. The fraction of sp³-hybridized carbons (Fsp3) is 0.143. The smallest absolute Gasteiger partial charge is 0.123 e. The number of benzene rings is 3. The maximum Gasteiger partial charge on any atom is 0.123 e. The first kappa shape index (κ1) is 16.2. The Labute approximate surface area is 141 Å². The standard InChI is InChI=1S/C21H19F2N/c22-19-9-7-17(8-10-19)2-1-16-3-5-18(6-4-16)15-24-21-13-11-20(23)12-14-21/h3-14,24H,1-2,15H2. The molecule has 3 rings (SSSR count). The number of aryl methyl sites for hydroxylation is 2. The minimum atomic E-state index is -0.231. The van der Waals surface area contributed by atoms with Gasteiger partial charge in [0.15, 0.2) is 0 Å². The molecular formula is C21H19F2N. The first-order chi connectivity index (χ1) is 11.7. The van der Waals surface area contributed by atoms with E-state index >= 15 is 0 Å². The third-order valence-electron chi connectivity index (χ3n) is 3.98. The van der Waals surface area contributed by atoms with E-state index in [1.54, 1.807) is 12.1 Å². The van der Waals surface area contributed by atoms with Gasteiger partial charge in [0.05, 0.1) is 0 Å². The predicted octanol–water partition coefficient (Wildman–Crippen LogP) is 5.36. The van der Waals surface area contributed by atoms with E-state index in [-0.39, 0.29) is 11.6 Å². The van der Waals surface area contributed by atoms with Gasteiger partial charge >= 0.3 is 0 Å². The number of anilines is 1. The minimum Gasteiger partial charge on any atom is -0.381 e. The predicted molar refractivity (Wildman–Crippen MR) is 94.0 cm³/mol. The molecule has 0 bridgehead atoms. The van der Waals surface area contributed by atoms with Crippen molar-refractivity contribution in [3.05, 3.63) is 101 Å². The lowest BCUT2D eigenvalue weighted by Gasteiger charge is -2.08. The Morgan fingerprint density at radius 1 is 0.542 bits per heavy atom. The topological polar surface area (TPSA) is 12.0 Å². The summed E-state index contributed by atoms with van der Waals surface area (Å²) in [6, 6.07) is 21.4. The second kappa shape index (κ2) is 7.73. The molecule has 0 aromatic heterocycles. The van der Waals surface area contributed by atoms with E-state index in [1.165, 1.54) is 35.4 Å². The van der Waals surface area contributed by atoms with E-state index < -0.39 is 0 Å². The van der Waals surface area contributed by atoms with Gasteiger partial charge in [0.1, 0.15) is 11.6 Å². The van der Waals surface area contributed by atoms with Crippen LogP contribution in [0.2, 0.25) is 0 Å². The van der Waals surface area contributed by atoms with Crippen LogP contribution >= 0.6 is 0 Å². The Bertz CT molecular complexity index is 694. The SMILES string of the molecule is Fc1ccc(CCc2ccc(CNc3ccc(F)cc3)cc2)cc1. The van der Waals surface area contributed by atoms with Crippen molar-refractivity contribution in [3.63, 3.8) is 0 Å². The molecule has 3 aromatic rings. The Hall–Kier alpha value is -2.68. The van der Waals surface area contributed by atoms with Gasteiger partial charge in [0, 0.05) is 12.2 Å². The molecule has 122 valence electrons. The maximum atomic E-state index is 12.9. The molecular weight excluding hydrogens is 304 g/mol. The Kier molecular flexibility index (Phi) is 5.22. The summed E-state index contributed by atoms with van der Waals surface area (Å²) in [5.41, 5.74) is 4.46. The molecule has 1 N–H and O–H groups in total. The normalized spacial score (nSPS) is 10.6. The van der Waals surface area contributed by atoms with Gasteiger partial charge in [-0.1, -0.05) is 36.4 Å². The average Bonchev–Trinajstić information content (AvgIpc) is 2.62. The summed E-state index contributed by atoms with van der Waals surface area (Å²) in [6.45, 7) is 0.698. The molecule has 3 aromatic carbocycles. The van der Waals surface area contributed by atoms with Crippen LogP contribution in [0.5, 0.6) is 0 Å². The van der Waals surface area contributed by atoms with Crippen molar-refractivity contribution in [3.8, 4) is 0 Å². The zero-order chi connectivity index (χ0) is 16.8. The molecule has 0 saturated carbocycles. The molecule has 0 radical (unpaired) electrons. The molecule has 3 heteroatoms. The summed E-state index contributed by atoms with van der Waals surface area (Å²) < 4.78 is 25.7. The largest absolute Gasteiger partial charge is 0.381 e. The first-order valence-electron chi connectivity index (χ1n) is 8.01. The number of hydrogen-bond donors (Lipinski definition) is 1. The van der Waals surface area contributed by atoms with Gasteiger partial charge in [0.2, 0.25) is 0 Å². The van der Waals surface area contributed by atoms with Gasteiger partial charge in [-0.05, 0) is 65.9 Å². The van der Waals surface area contributed by atoms with Gasteiger partial charge in [-0.2, -0.15) is 0 Å². The average molecular weight is 323 g/mol. The lowest BCUT2D eigenvalue weighted by molar-refractivity contribution is 0.626. The van der Waals surface area contributed by atoms with Crippen molar-refractivity contribution >= 4 is 5.69 Å². The maximum absolute atomic E-state index is 12.9. The Morgan fingerprint density at radius 3 is 1.50 bits per heavy atom. The lowest BCUT2D eigenvalue weighted by Crippen LogP contribution is -1.99. The molecule has 24 heavy (non-hydrogen) atoms. The fourth-order valence-corrected chi connectivity index (χ4v) is 2.54. The first-order valence-corrected chi connectivity index (χ1v) is 8.01. The van der Waals surface area contributed by atoms with Gasteiger partial charge in [-0.3, -0.25) is 0 Å². The Morgan fingerprint density at radius 2 is 0.958 bits per heavy atom. The van der Waals surface area contributed by atoms with E-state index in [1.807, 2.05) is 12.1 Å². The molecule has 0 atom stereocenters. The highest BCUT2D eigenvalue weighted by molar-refractivity contribution is 5.43. The van der Waals surface area contributed by atoms with Gasteiger partial charge in [-0.15, -0.1) is 0 Å². The summed E-state index contributed by atoms with van der Waals surface area (Å²) in [6.07, 6.45) is 1.82. The quantitative estimate of drug-likeness (QED) is 0.644. The number of rotatable bonds is 6. The summed E-state index contributed by atoms with van der Waals surface area (Å²) in [7, 11) is 0. The third-order valence-corrected chi connectivity index (χ3v) is 3.98. The van der Waals surface area contributed by atoms with Crippen molar-refractivity contribution in [2.45, 2.75) is 19.4 Å². The van der Waals surface area contributed by atoms with Gasteiger partial charge < -0.3 is 5.32 Å². The lowest BCUT2D eigenvalue weighted by atomic mass is 10.0. The molecule has 0 amide bonds. The van der Waals surface area contributed by atoms with Crippen molar-refractivity contribution in [2.75, 3.05) is 5.32 Å². The van der Waals surface area contributed by atoms with E-state index in [4.69, 9.17) is 0 Å². The summed E-state index contributed by atoms with van der Waals surface area (Å²) in [4.78, 5) is 0. The molecule has 0 saturated heterocycles. The highest BCUT2D eigenvalue weighted by atomic mass is 19.1. The van der Waals surface area contributed by atoms with Crippen LogP contribution in [-0.2, 0) is 19.4 Å². The number of halogens is 2. The summed E-state index contributed by atoms with van der Waals surface area (Å²) in [5.74, 6) is -0.428. The monoisotopic (exact) mass is 323 g/mol. The zero-order valence-electron chi connectivity index (χ0n) is 13.3. The number of nitrogens with one attached hydrogen (secondary N) is 1. The molecule has 0 heterocycles. The molecule has 0 aliphatic heterocycles. The van der Waals surface area contributed by atoms with E-state index in [0.29, 0.717) is 6.54 Å². The van der Waals surface area contributed by atoms with Crippen molar-refractivity contribution in [2.24, 2.45) is 0 Å². The molecule has 0 fully saturated rings. The van der Waals surface area contributed by atoms with Gasteiger partial charge in [-0.25, -0.2) is 8.78 Å². The summed E-state index contributed by atoms with van der Waals surface area (Å²) >= 11 is 0. The van der Waals surface area contributed by atoms with Crippen LogP contribution < -0.4 is 5.32 Å². The minimum absolute atomic E-state index is 0.197. The van der Waals surface area contributed by atoms with Crippen molar-refractivity contribution in [1.82, 2.24) is 0 Å². The third kappa shape index (κ3) is 4.66. The van der Waals surface area contributed by atoms with Crippen molar-refractivity contribution in [1.29, 1.82) is 0 Å². The molecule has 0 spiro atoms. The van der Waals surface area contributed by atoms with Crippen LogP contribution in [0.3, 0.4) is 0 Å². The molecule has 1 nitrogen and oxygen atoms in total. The van der Waals surface area contributed by atoms with E-state index in [9.17, 15) is 8.78 Å². The zero-order valence-corrected chi connectivity index (χ0v) is 13.3. The highest BCUT2D eigenvalue weighted by Crippen LogP contribution is 2.13. The van der Waals surface area contributed by atoms with Crippen LogP contribution in [0.4, 0.5) is 14.5 Å². The van der Waals surface area contributed by atoms with Crippen LogP contribution in [0.25, 0.3) is 0 Å². The highest BCUT2D eigenvalue weighted by Gasteiger charge is 1.99. The van der Waals surface area contributed by atoms with E-state index in [2.05, 4.69) is 29.6 Å². The second-order valence-corrected chi connectivity index (χ2v) is 5.80. The Balaban J connectivity index is 1.51. The van der Waals surface area contributed by atoms with Gasteiger partial charge in [0.25, 0.3) is 0 Å².